The van der Waals surface area contributed by atoms with Gasteiger partial charge in [0, 0.05) is 17.3 Å². The molecule has 0 amide bonds. The molecule has 5 nitrogen and oxygen atoms in total. The highest BCUT2D eigenvalue weighted by Gasteiger charge is 2.04. The Morgan fingerprint density at radius 2 is 1.95 bits per heavy atom. The predicted molar refractivity (Wildman–Crippen MR) is 92.9 cm³/mol. The molecule has 0 atom stereocenters. The fourth-order valence-corrected chi connectivity index (χ4v) is 2.29. The van der Waals surface area contributed by atoms with Crippen LogP contribution in [0, 0.1) is 0 Å². The highest BCUT2D eigenvalue weighted by Crippen LogP contribution is 2.27. The molecule has 0 spiro atoms. The smallest absolute Gasteiger partial charge is 0.184 e. The van der Waals surface area contributed by atoms with Crippen LogP contribution < -0.4 is 11.2 Å². The van der Waals surface area contributed by atoms with Gasteiger partial charge in [-0.3, -0.25) is 5.43 Å². The van der Waals surface area contributed by atoms with Crippen molar-refractivity contribution in [2.75, 3.05) is 0 Å². The molecule has 6 heteroatoms. The van der Waals surface area contributed by atoms with E-state index < -0.39 is 0 Å². The minimum Gasteiger partial charge on any atom is -0.507 e. The van der Waals surface area contributed by atoms with Crippen LogP contribution in [0.25, 0.3) is 22.0 Å². The van der Waals surface area contributed by atoms with Crippen molar-refractivity contribution in [2.45, 2.75) is 0 Å². The van der Waals surface area contributed by atoms with Crippen molar-refractivity contribution in [3.63, 3.8) is 0 Å². The largest absolute Gasteiger partial charge is 0.507 e. The molecule has 0 aliphatic carbocycles. The Hall–Kier alpha value is -2.86. The van der Waals surface area contributed by atoms with Crippen molar-refractivity contribution >= 4 is 34.4 Å². The normalized spacial score (nSPS) is 11.1. The average Bonchev–Trinajstić information content (AvgIpc) is 2.96. The van der Waals surface area contributed by atoms with Crippen molar-refractivity contribution in [2.24, 2.45) is 10.8 Å². The highest BCUT2D eigenvalue weighted by atomic mass is 32.1. The van der Waals surface area contributed by atoms with Crippen LogP contribution in [0.2, 0.25) is 0 Å². The molecule has 0 bridgehead atoms. The van der Waals surface area contributed by atoms with Crippen molar-refractivity contribution in [3.05, 3.63) is 54.2 Å². The summed E-state index contributed by atoms with van der Waals surface area (Å²) in [6.45, 7) is 0. The van der Waals surface area contributed by atoms with E-state index in [-0.39, 0.29) is 10.9 Å². The van der Waals surface area contributed by atoms with E-state index in [9.17, 15) is 5.11 Å². The lowest BCUT2D eigenvalue weighted by molar-refractivity contribution is 0.474. The van der Waals surface area contributed by atoms with Crippen LogP contribution in [-0.2, 0) is 0 Å². The third kappa shape index (κ3) is 2.91. The molecule has 0 saturated carbocycles. The van der Waals surface area contributed by atoms with Crippen LogP contribution in [0.5, 0.6) is 5.75 Å². The van der Waals surface area contributed by atoms with E-state index in [1.165, 1.54) is 6.21 Å². The number of nitrogens with zero attached hydrogens (tertiary/aromatic N) is 1. The number of phenols is 1. The SMILES string of the molecule is NC(=S)N/N=C/c1cc(-c2ccc3[nH]ccc3c2)ccc1O. The van der Waals surface area contributed by atoms with Gasteiger partial charge in [0.25, 0.3) is 0 Å². The summed E-state index contributed by atoms with van der Waals surface area (Å²) in [4.78, 5) is 3.16. The van der Waals surface area contributed by atoms with Gasteiger partial charge in [0.15, 0.2) is 5.11 Å². The molecule has 110 valence electrons. The number of nitrogens with one attached hydrogen (secondary N) is 2. The van der Waals surface area contributed by atoms with Gasteiger partial charge in [0.2, 0.25) is 0 Å². The maximum absolute atomic E-state index is 9.90. The van der Waals surface area contributed by atoms with Crippen molar-refractivity contribution in [1.29, 1.82) is 0 Å². The number of hydrogen-bond acceptors (Lipinski definition) is 3. The molecule has 0 unspecified atom stereocenters. The van der Waals surface area contributed by atoms with Gasteiger partial charge in [0.1, 0.15) is 5.75 Å². The molecule has 5 N–H and O–H groups in total. The number of fused-ring (bicyclic) bond motifs is 1. The Bertz CT molecular complexity index is 869. The lowest BCUT2D eigenvalue weighted by Gasteiger charge is -2.05. The number of aromatic hydroxyl groups is 1. The molecule has 0 aliphatic heterocycles. The van der Waals surface area contributed by atoms with Gasteiger partial charge in [-0.2, -0.15) is 5.10 Å². The number of thiocarbonyl (C=S) groups is 1. The van der Waals surface area contributed by atoms with Crippen LogP contribution in [0.1, 0.15) is 5.56 Å². The Labute approximate surface area is 132 Å². The van der Waals surface area contributed by atoms with Crippen LogP contribution >= 0.6 is 12.2 Å². The summed E-state index contributed by atoms with van der Waals surface area (Å²) < 4.78 is 0. The molecule has 22 heavy (non-hydrogen) atoms. The minimum absolute atomic E-state index is 0.0739. The quantitative estimate of drug-likeness (QED) is 0.340. The van der Waals surface area contributed by atoms with E-state index in [4.69, 9.17) is 5.73 Å². The van der Waals surface area contributed by atoms with Crippen LogP contribution in [0.4, 0.5) is 0 Å². The Morgan fingerprint density at radius 1 is 1.18 bits per heavy atom. The number of phenolic OH excluding ortho intramolecular Hbond substituents is 1. The topological polar surface area (TPSA) is 86.4 Å². The first kappa shape index (κ1) is 14.1. The molecular weight excluding hydrogens is 296 g/mol. The third-order valence-corrected chi connectivity index (χ3v) is 3.38. The van der Waals surface area contributed by atoms with E-state index in [2.05, 4.69) is 33.8 Å². The Morgan fingerprint density at radius 3 is 2.77 bits per heavy atom. The fourth-order valence-electron chi connectivity index (χ4n) is 2.24. The van der Waals surface area contributed by atoms with Gasteiger partial charge in [-0.25, -0.2) is 0 Å². The first-order chi connectivity index (χ1) is 10.6. The van der Waals surface area contributed by atoms with E-state index in [0.717, 1.165) is 22.0 Å². The van der Waals surface area contributed by atoms with Crippen molar-refractivity contribution in [3.8, 4) is 16.9 Å². The number of aromatic amines is 1. The first-order valence-electron chi connectivity index (χ1n) is 6.62. The molecule has 0 aliphatic rings. The van der Waals surface area contributed by atoms with E-state index in [1.807, 2.05) is 36.5 Å². The second-order valence-electron chi connectivity index (χ2n) is 4.79. The number of H-pyrrole nitrogens is 1. The van der Waals surface area contributed by atoms with Crippen LogP contribution in [-0.4, -0.2) is 21.4 Å². The molecule has 1 aromatic heterocycles. The summed E-state index contributed by atoms with van der Waals surface area (Å²) in [6.07, 6.45) is 3.39. The van der Waals surface area contributed by atoms with E-state index in [1.54, 1.807) is 6.07 Å². The molecule has 0 saturated heterocycles. The number of hydrogen-bond donors (Lipinski definition) is 4. The van der Waals surface area contributed by atoms with Gasteiger partial charge < -0.3 is 15.8 Å². The minimum atomic E-state index is 0.0739. The zero-order chi connectivity index (χ0) is 15.5. The number of rotatable bonds is 3. The summed E-state index contributed by atoms with van der Waals surface area (Å²) in [7, 11) is 0. The lowest BCUT2D eigenvalue weighted by atomic mass is 10.0. The summed E-state index contributed by atoms with van der Waals surface area (Å²) in [5.74, 6) is 0.139. The van der Waals surface area contributed by atoms with Gasteiger partial charge in [-0.1, -0.05) is 12.1 Å². The van der Waals surface area contributed by atoms with Gasteiger partial charge in [-0.05, 0) is 59.1 Å². The molecule has 1 heterocycles. The van der Waals surface area contributed by atoms with E-state index in [0.29, 0.717) is 5.56 Å². The predicted octanol–water partition coefficient (Wildman–Crippen LogP) is 2.71. The van der Waals surface area contributed by atoms with Crippen LogP contribution in [0.3, 0.4) is 0 Å². The standard InChI is InChI=1S/C16H14N4OS/c17-16(22)20-19-9-13-8-11(2-4-15(13)21)10-1-3-14-12(7-10)5-6-18-14/h1-9,18,21H,(H3,17,20,22)/b19-9+. The lowest BCUT2D eigenvalue weighted by Crippen LogP contribution is -2.23. The summed E-state index contributed by atoms with van der Waals surface area (Å²) in [5, 5.41) is 15.0. The summed E-state index contributed by atoms with van der Waals surface area (Å²) in [6, 6.07) is 13.5. The maximum atomic E-state index is 9.90. The van der Waals surface area contributed by atoms with Crippen molar-refractivity contribution in [1.82, 2.24) is 10.4 Å². The van der Waals surface area contributed by atoms with Crippen LogP contribution in [0.15, 0.2) is 53.8 Å². The maximum Gasteiger partial charge on any atom is 0.184 e. The second kappa shape index (κ2) is 5.87. The molecule has 0 radical (unpaired) electrons. The Kier molecular flexibility index (Phi) is 3.76. The van der Waals surface area contributed by atoms with Crippen molar-refractivity contribution < 1.29 is 5.11 Å². The highest BCUT2D eigenvalue weighted by molar-refractivity contribution is 7.80. The first-order valence-corrected chi connectivity index (χ1v) is 7.03. The molecule has 3 aromatic rings. The summed E-state index contributed by atoms with van der Waals surface area (Å²) in [5.41, 5.74) is 11.5. The summed E-state index contributed by atoms with van der Waals surface area (Å²) >= 11 is 4.67. The number of aromatic nitrogens is 1. The van der Waals surface area contributed by atoms with E-state index >= 15 is 0 Å². The number of nitrogens with two attached hydrogens (primary N) is 1. The fraction of sp³-hybridized carbons (Fsp3) is 0. The second-order valence-corrected chi connectivity index (χ2v) is 5.23. The molecular formula is C16H14N4OS. The van der Waals surface area contributed by atoms with Gasteiger partial charge in [0.05, 0.1) is 6.21 Å². The average molecular weight is 310 g/mol. The Balaban J connectivity index is 1.96. The third-order valence-electron chi connectivity index (χ3n) is 3.29. The number of benzene rings is 2. The molecule has 0 fully saturated rings. The van der Waals surface area contributed by atoms with Gasteiger partial charge in [-0.15, -0.1) is 0 Å². The number of hydrazone groups is 1. The van der Waals surface area contributed by atoms with Gasteiger partial charge >= 0.3 is 0 Å². The zero-order valence-electron chi connectivity index (χ0n) is 11.6. The zero-order valence-corrected chi connectivity index (χ0v) is 12.4. The molecule has 3 rings (SSSR count). The monoisotopic (exact) mass is 310 g/mol. The molecule has 2 aromatic carbocycles.